The van der Waals surface area contributed by atoms with Crippen molar-refractivity contribution in [2.45, 2.75) is 39.7 Å². The second kappa shape index (κ2) is 7.82. The van der Waals surface area contributed by atoms with Crippen LogP contribution in [0.4, 0.5) is 16.2 Å². The Morgan fingerprint density at radius 2 is 2.05 bits per heavy atom. The van der Waals surface area contributed by atoms with Gasteiger partial charge in [-0.05, 0) is 26.3 Å². The van der Waals surface area contributed by atoms with E-state index in [1.54, 1.807) is 12.3 Å². The van der Waals surface area contributed by atoms with Crippen LogP contribution in [0.5, 0.6) is 0 Å². The summed E-state index contributed by atoms with van der Waals surface area (Å²) in [5, 5.41) is 4.43. The molecular formula is C13H22N4O3S. The molecule has 0 aromatic carbocycles. The molecule has 118 valence electrons. The van der Waals surface area contributed by atoms with Crippen molar-refractivity contribution in [2.24, 2.45) is 0 Å². The molecule has 21 heavy (non-hydrogen) atoms. The number of carbonyl (C=O) groups is 1. The summed E-state index contributed by atoms with van der Waals surface area (Å²) in [5.41, 5.74) is 0.821. The second-order valence-corrected chi connectivity index (χ2v) is 6.48. The maximum Gasteiger partial charge on any atom is 0.357 e. The van der Waals surface area contributed by atoms with E-state index < -0.39 is 15.3 Å². The Labute approximate surface area is 125 Å². The molecule has 0 bridgehead atoms. The van der Waals surface area contributed by atoms with Crippen LogP contribution < -0.4 is 15.4 Å². The number of unbranched alkanes of at least 4 members (excludes halogenated alkanes) is 1. The van der Waals surface area contributed by atoms with E-state index in [4.69, 9.17) is 0 Å². The number of hydrogen-bond donors (Lipinski definition) is 3. The van der Waals surface area contributed by atoms with Gasteiger partial charge in [-0.25, -0.2) is 0 Å². The first kappa shape index (κ1) is 17.2. The highest BCUT2D eigenvalue weighted by Gasteiger charge is 2.22. The van der Waals surface area contributed by atoms with Gasteiger partial charge in [-0.1, -0.05) is 13.3 Å². The number of nitrogens with one attached hydrogen (secondary N) is 3. The highest BCUT2D eigenvalue weighted by molar-refractivity contribution is 8.07. The summed E-state index contributed by atoms with van der Waals surface area (Å²) >= 11 is 0. The Balaban J connectivity index is 2.82. The van der Waals surface area contributed by atoms with Crippen LogP contribution >= 0.6 is 0 Å². The molecule has 7 nitrogen and oxygen atoms in total. The summed E-state index contributed by atoms with van der Waals surface area (Å²) in [6.07, 6.45) is 4.51. The number of aromatic nitrogens is 1. The van der Waals surface area contributed by atoms with Crippen LogP contribution in [-0.2, 0) is 10.0 Å². The Morgan fingerprint density at radius 3 is 2.67 bits per heavy atom. The van der Waals surface area contributed by atoms with Crippen molar-refractivity contribution < 1.29 is 13.2 Å². The first-order chi connectivity index (χ1) is 9.86. The van der Waals surface area contributed by atoms with Gasteiger partial charge in [-0.2, -0.15) is 8.42 Å². The topological polar surface area (TPSA) is 100 Å². The lowest BCUT2D eigenvalue weighted by Crippen LogP contribution is -2.34. The molecule has 1 amide bonds. The first-order valence-corrected chi connectivity index (χ1v) is 8.36. The van der Waals surface area contributed by atoms with Crippen LogP contribution in [0.1, 0.15) is 33.6 Å². The van der Waals surface area contributed by atoms with Gasteiger partial charge in [0.25, 0.3) is 0 Å². The molecule has 1 rings (SSSR count). The molecule has 0 aliphatic rings. The van der Waals surface area contributed by atoms with E-state index in [1.165, 1.54) is 6.20 Å². The van der Waals surface area contributed by atoms with Gasteiger partial charge >= 0.3 is 15.3 Å². The second-order valence-electron chi connectivity index (χ2n) is 4.89. The molecule has 1 aromatic rings. The Hall–Kier alpha value is -1.83. The maximum atomic E-state index is 12.0. The average molecular weight is 314 g/mol. The number of anilines is 2. The fourth-order valence-corrected chi connectivity index (χ4v) is 2.40. The monoisotopic (exact) mass is 314 g/mol. The normalized spacial score (nSPS) is 11.2. The van der Waals surface area contributed by atoms with Crippen LogP contribution in [0.15, 0.2) is 18.5 Å². The van der Waals surface area contributed by atoms with Crippen molar-refractivity contribution in [1.82, 2.24) is 10.3 Å². The lowest BCUT2D eigenvalue weighted by molar-refractivity contribution is 0.258. The van der Waals surface area contributed by atoms with Gasteiger partial charge in [0.05, 0.1) is 17.6 Å². The largest absolute Gasteiger partial charge is 0.381 e. The zero-order chi connectivity index (χ0) is 15.9. The van der Waals surface area contributed by atoms with Crippen molar-refractivity contribution in [3.63, 3.8) is 0 Å². The fourth-order valence-electron chi connectivity index (χ4n) is 1.57. The number of sulfonamides is 1. The van der Waals surface area contributed by atoms with Gasteiger partial charge < -0.3 is 10.6 Å². The molecule has 0 fully saturated rings. The molecule has 0 aliphatic heterocycles. The molecule has 0 saturated carbocycles. The van der Waals surface area contributed by atoms with Crippen LogP contribution in [0.2, 0.25) is 0 Å². The third kappa shape index (κ3) is 5.58. The summed E-state index contributed by atoms with van der Waals surface area (Å²) in [4.78, 5) is 15.5. The van der Waals surface area contributed by atoms with E-state index in [9.17, 15) is 13.2 Å². The zero-order valence-corrected chi connectivity index (χ0v) is 13.3. The maximum absolute atomic E-state index is 12.0. The number of rotatable bonds is 7. The lowest BCUT2D eigenvalue weighted by atomic mass is 10.3. The third-order valence-corrected chi connectivity index (χ3v) is 3.67. The third-order valence-electron chi connectivity index (χ3n) is 2.55. The molecule has 1 heterocycles. The molecule has 0 radical (unpaired) electrons. The van der Waals surface area contributed by atoms with Gasteiger partial charge in [0.15, 0.2) is 0 Å². The predicted molar refractivity (Wildman–Crippen MR) is 83.8 cm³/mol. The van der Waals surface area contributed by atoms with Crippen molar-refractivity contribution in [3.8, 4) is 0 Å². The Bertz CT molecular complexity index is 573. The molecule has 3 N–H and O–H groups in total. The van der Waals surface area contributed by atoms with E-state index >= 15 is 0 Å². The number of pyridine rings is 1. The molecule has 0 atom stereocenters. The molecule has 0 saturated heterocycles. The fraction of sp³-hybridized carbons (Fsp3) is 0.538. The minimum Gasteiger partial charge on any atom is -0.381 e. The standard InChI is InChI=1S/C13H22N4O3S/c1-4-5-7-15-13(18)21(19,20)17-12-9-14-8-6-11(12)16-10(2)3/h6,8-10,17H,4-5,7H2,1-3H3,(H,14,16)(H,15,18). The molecule has 1 aromatic heterocycles. The lowest BCUT2D eigenvalue weighted by Gasteiger charge is -2.15. The minimum absolute atomic E-state index is 0.119. The SMILES string of the molecule is CCCCNC(=O)S(=O)(=O)Nc1cnccc1NC(C)C. The molecule has 0 aliphatic carbocycles. The summed E-state index contributed by atoms with van der Waals surface area (Å²) in [7, 11) is -4.13. The van der Waals surface area contributed by atoms with Crippen molar-refractivity contribution in [3.05, 3.63) is 18.5 Å². The summed E-state index contributed by atoms with van der Waals surface area (Å²) in [6, 6.07) is 1.77. The Kier molecular flexibility index (Phi) is 6.41. The Morgan fingerprint density at radius 1 is 1.33 bits per heavy atom. The summed E-state index contributed by atoms with van der Waals surface area (Å²) < 4.78 is 26.2. The first-order valence-electron chi connectivity index (χ1n) is 6.88. The van der Waals surface area contributed by atoms with Crippen molar-refractivity contribution in [2.75, 3.05) is 16.6 Å². The van der Waals surface area contributed by atoms with Crippen LogP contribution in [0.25, 0.3) is 0 Å². The smallest absolute Gasteiger partial charge is 0.357 e. The molecular weight excluding hydrogens is 292 g/mol. The summed E-state index contributed by atoms with van der Waals surface area (Å²) in [5.74, 6) is 0. The van der Waals surface area contributed by atoms with Crippen molar-refractivity contribution >= 4 is 26.6 Å². The van der Waals surface area contributed by atoms with Crippen molar-refractivity contribution in [1.29, 1.82) is 0 Å². The highest BCUT2D eigenvalue weighted by atomic mass is 32.2. The summed E-state index contributed by atoms with van der Waals surface area (Å²) in [6.45, 7) is 6.14. The number of nitrogens with zero attached hydrogens (tertiary/aromatic N) is 1. The number of hydrogen-bond acceptors (Lipinski definition) is 5. The van der Waals surface area contributed by atoms with E-state index in [0.29, 0.717) is 12.2 Å². The van der Waals surface area contributed by atoms with E-state index in [0.717, 1.165) is 12.8 Å². The van der Waals surface area contributed by atoms with Gasteiger partial charge in [-0.3, -0.25) is 14.5 Å². The van der Waals surface area contributed by atoms with Gasteiger partial charge in [0.1, 0.15) is 0 Å². The van der Waals surface area contributed by atoms with E-state index in [2.05, 4.69) is 20.3 Å². The highest BCUT2D eigenvalue weighted by Crippen LogP contribution is 2.21. The minimum atomic E-state index is -4.13. The molecule has 0 unspecified atom stereocenters. The molecule has 0 spiro atoms. The predicted octanol–water partition coefficient (Wildman–Crippen LogP) is 2.15. The number of carbonyl (C=O) groups excluding carboxylic acids is 1. The van der Waals surface area contributed by atoms with E-state index in [-0.39, 0.29) is 11.7 Å². The van der Waals surface area contributed by atoms with Gasteiger partial charge in [-0.15, -0.1) is 0 Å². The van der Waals surface area contributed by atoms with E-state index in [1.807, 2.05) is 20.8 Å². The van der Waals surface area contributed by atoms with Crippen LogP contribution in [0, 0.1) is 0 Å². The number of amides is 1. The van der Waals surface area contributed by atoms with Crippen LogP contribution in [0.3, 0.4) is 0 Å². The van der Waals surface area contributed by atoms with Gasteiger partial charge in [0.2, 0.25) is 0 Å². The molecule has 8 heteroatoms. The quantitative estimate of drug-likeness (QED) is 0.670. The van der Waals surface area contributed by atoms with Gasteiger partial charge in [0, 0.05) is 18.8 Å². The average Bonchev–Trinajstić information content (AvgIpc) is 2.40. The zero-order valence-electron chi connectivity index (χ0n) is 12.5. The van der Waals surface area contributed by atoms with Crippen LogP contribution in [-0.4, -0.2) is 31.2 Å².